The fourth-order valence-corrected chi connectivity index (χ4v) is 6.69. The Labute approximate surface area is 250 Å². The van der Waals surface area contributed by atoms with Gasteiger partial charge in [0, 0.05) is 24.6 Å². The number of pyridine rings is 3. The molecule has 2 aliphatic heterocycles. The Hall–Kier alpha value is -3.74. The highest BCUT2D eigenvalue weighted by Crippen LogP contribution is 2.41. The van der Waals surface area contributed by atoms with E-state index < -0.39 is 44.4 Å². The van der Waals surface area contributed by atoms with Crippen LogP contribution >= 0.6 is 0 Å². The molecule has 13 heteroatoms. The van der Waals surface area contributed by atoms with Crippen molar-refractivity contribution in [3.8, 4) is 0 Å². The lowest BCUT2D eigenvalue weighted by Crippen LogP contribution is -2.41. The number of anilines is 2. The lowest BCUT2D eigenvalue weighted by molar-refractivity contribution is -0.141. The number of rotatable bonds is 1. The first kappa shape index (κ1) is 30.7. The van der Waals surface area contributed by atoms with Crippen molar-refractivity contribution in [2.75, 3.05) is 16.8 Å². The molecule has 0 radical (unpaired) electrons. The number of amides is 1. The van der Waals surface area contributed by atoms with Crippen molar-refractivity contribution < 1.29 is 27.8 Å². The topological polar surface area (TPSA) is 117 Å². The van der Waals surface area contributed by atoms with Crippen LogP contribution in [0.4, 0.5) is 24.8 Å². The molecule has 3 aromatic heterocycles. The van der Waals surface area contributed by atoms with Crippen molar-refractivity contribution in [1.82, 2.24) is 19.7 Å². The fourth-order valence-electron chi connectivity index (χ4n) is 5.75. The Morgan fingerprint density at radius 1 is 0.953 bits per heavy atom. The predicted octanol–water partition coefficient (Wildman–Crippen LogP) is 6.10. The van der Waals surface area contributed by atoms with E-state index in [1.165, 1.54) is 30.3 Å². The second kappa shape index (κ2) is 10.8. The molecule has 0 saturated carbocycles. The van der Waals surface area contributed by atoms with Crippen LogP contribution in [-0.2, 0) is 21.6 Å². The summed E-state index contributed by atoms with van der Waals surface area (Å²) in [5.74, 6) is -0.212. The molecule has 2 atom stereocenters. The smallest absolute Gasteiger partial charge is 0.362 e. The molecule has 0 aromatic carbocycles. The molecule has 0 aliphatic carbocycles. The summed E-state index contributed by atoms with van der Waals surface area (Å²) in [4.78, 5) is 28.6. The van der Waals surface area contributed by atoms with E-state index in [4.69, 9.17) is 4.98 Å². The number of aromatic nitrogens is 3. The van der Waals surface area contributed by atoms with E-state index in [9.17, 15) is 26.4 Å². The number of halogens is 3. The quantitative estimate of drug-likeness (QED) is 0.336. The largest absolute Gasteiger partial charge is 0.433 e. The molecule has 232 valence electrons. The molecule has 3 aromatic rings. The Morgan fingerprint density at radius 3 is 2.37 bits per heavy atom. The van der Waals surface area contributed by atoms with Crippen LogP contribution < -0.4 is 14.9 Å². The maximum Gasteiger partial charge on any atom is 0.433 e. The van der Waals surface area contributed by atoms with Gasteiger partial charge in [-0.05, 0) is 75.4 Å². The molecular weight excluding hydrogens is 581 g/mol. The van der Waals surface area contributed by atoms with E-state index in [1.54, 1.807) is 12.1 Å². The van der Waals surface area contributed by atoms with Gasteiger partial charge in [0.05, 0.1) is 17.3 Å². The van der Waals surface area contributed by atoms with Gasteiger partial charge in [-0.2, -0.15) is 21.6 Å². The highest BCUT2D eigenvalue weighted by molar-refractivity contribution is 7.90. The van der Waals surface area contributed by atoms with Crippen LogP contribution in [0, 0.1) is 5.92 Å². The Kier molecular flexibility index (Phi) is 7.68. The number of carbonyl (C=O) groups is 1. The van der Waals surface area contributed by atoms with Gasteiger partial charge in [-0.3, -0.25) is 4.79 Å². The fraction of sp³-hybridized carbons (Fsp3) is 0.467. The summed E-state index contributed by atoms with van der Waals surface area (Å²) >= 11 is 0. The van der Waals surface area contributed by atoms with Crippen LogP contribution in [0.15, 0.2) is 53.6 Å². The van der Waals surface area contributed by atoms with Gasteiger partial charge in [0.15, 0.2) is 5.03 Å². The molecule has 43 heavy (non-hydrogen) atoms. The average Bonchev–Trinajstić information content (AvgIpc) is 3.23. The molecule has 4 bridgehead atoms. The summed E-state index contributed by atoms with van der Waals surface area (Å²) in [5, 5.41) is 2.69. The molecule has 5 rings (SSSR count). The van der Waals surface area contributed by atoms with Crippen LogP contribution in [-0.4, -0.2) is 41.4 Å². The van der Waals surface area contributed by atoms with Gasteiger partial charge in [-0.25, -0.2) is 19.7 Å². The Balaban J connectivity index is 0.00000442. The predicted molar refractivity (Wildman–Crippen MR) is 158 cm³/mol. The van der Waals surface area contributed by atoms with Crippen LogP contribution in [0.5, 0.6) is 0 Å². The summed E-state index contributed by atoms with van der Waals surface area (Å²) < 4.78 is 69.4. The van der Waals surface area contributed by atoms with Gasteiger partial charge in [-0.15, -0.1) is 0 Å². The number of nitrogens with zero attached hydrogens (tertiary/aromatic N) is 4. The van der Waals surface area contributed by atoms with Gasteiger partial charge in [0.2, 0.25) is 0 Å². The zero-order valence-corrected chi connectivity index (χ0v) is 25.5. The number of hydrogen-bond acceptors (Lipinski definition) is 8. The molecule has 5 heterocycles. The number of fused-ring (bicyclic) bond motifs is 6. The molecule has 1 fully saturated rings. The minimum atomic E-state index is -4.62. The van der Waals surface area contributed by atoms with Crippen molar-refractivity contribution in [1.29, 1.82) is 0 Å². The zero-order valence-electron chi connectivity index (χ0n) is 24.7. The van der Waals surface area contributed by atoms with E-state index in [0.717, 1.165) is 18.2 Å². The van der Waals surface area contributed by atoms with E-state index in [-0.39, 0.29) is 29.8 Å². The van der Waals surface area contributed by atoms with Crippen LogP contribution in [0.3, 0.4) is 0 Å². The number of sulfonamides is 1. The first-order valence-electron chi connectivity index (χ1n) is 14.1. The van der Waals surface area contributed by atoms with Gasteiger partial charge >= 0.3 is 6.18 Å². The van der Waals surface area contributed by atoms with Crippen LogP contribution in [0.25, 0.3) is 0 Å². The molecule has 0 spiro atoms. The maximum atomic E-state index is 13.6. The summed E-state index contributed by atoms with van der Waals surface area (Å²) in [6.07, 6.45) is -2.87. The highest BCUT2D eigenvalue weighted by atomic mass is 32.2. The molecule has 1 amide bonds. The molecule has 0 unspecified atom stereocenters. The molecule has 2 aliphatic rings. The highest BCUT2D eigenvalue weighted by Gasteiger charge is 2.42. The minimum Gasteiger partial charge on any atom is -0.362 e. The van der Waals surface area contributed by atoms with E-state index >= 15 is 0 Å². The second-order valence-electron chi connectivity index (χ2n) is 12.8. The number of alkyl halides is 3. The summed E-state index contributed by atoms with van der Waals surface area (Å²) in [6, 6.07) is 10.6. The second-order valence-corrected chi connectivity index (χ2v) is 14.5. The van der Waals surface area contributed by atoms with E-state index in [2.05, 4.69) is 20.0 Å². The van der Waals surface area contributed by atoms with Gasteiger partial charge in [-0.1, -0.05) is 32.9 Å². The third kappa shape index (κ3) is 6.46. The zero-order chi connectivity index (χ0) is 31.4. The van der Waals surface area contributed by atoms with Crippen molar-refractivity contribution in [2.24, 2.45) is 5.92 Å². The van der Waals surface area contributed by atoms with Crippen molar-refractivity contribution >= 4 is 27.6 Å². The van der Waals surface area contributed by atoms with Crippen molar-refractivity contribution in [2.45, 2.75) is 82.1 Å². The molecular formula is C30H37F3N6O3S. The minimum absolute atomic E-state index is 0. The maximum absolute atomic E-state index is 13.6. The Morgan fingerprint density at radius 2 is 1.67 bits per heavy atom. The number of hydrogen-bond donors (Lipinski definition) is 2. The molecule has 2 N–H and O–H groups in total. The third-order valence-corrected chi connectivity index (χ3v) is 9.17. The number of nitrogens with one attached hydrogen (secondary N) is 2. The summed E-state index contributed by atoms with van der Waals surface area (Å²) in [5.41, 5.74) is -0.756. The first-order chi connectivity index (χ1) is 19.9. The lowest BCUT2D eigenvalue weighted by atomic mass is 9.90. The summed E-state index contributed by atoms with van der Waals surface area (Å²) in [6.45, 7) is 10.6. The van der Waals surface area contributed by atoms with Crippen molar-refractivity contribution in [3.05, 3.63) is 71.2 Å². The van der Waals surface area contributed by atoms with E-state index in [0.29, 0.717) is 25.2 Å². The van der Waals surface area contributed by atoms with Crippen LogP contribution in [0.1, 0.15) is 88.8 Å². The molecule has 1 saturated heterocycles. The number of carbonyl (C=O) groups excluding carboxylic acids is 1. The standard InChI is InChI=1S/C30H35F3N6O3S.H2/c1-28(2,3)22-15-13-19-26(36-22)39-17-18(16-29(39,4)5)12-14-21(20-8-6-9-23(34-20)30(31,32)33)35-24-10-7-11-25(37-24)43(41,42)38-27(19)40;/h6-11,13,15,18,21H,12,14,16-17H2,1-5H3,(H,35,37)(H,38,40);1H/t18-,21+;/m0./s1. The van der Waals surface area contributed by atoms with Gasteiger partial charge in [0.1, 0.15) is 17.3 Å². The summed E-state index contributed by atoms with van der Waals surface area (Å²) in [7, 11) is -4.42. The SMILES string of the molecule is CC(C)(C)c1ccc2c(n1)N1C[C@@H](CC[C@H](c3cccc(C(F)(F)F)n3)Nc3cccc(n3)S(=O)(=O)NC2=O)CC1(C)C.[HH]. The van der Waals surface area contributed by atoms with Gasteiger partial charge in [0.25, 0.3) is 15.9 Å². The van der Waals surface area contributed by atoms with Crippen molar-refractivity contribution in [3.63, 3.8) is 0 Å². The third-order valence-electron chi connectivity index (χ3n) is 7.93. The molecule has 9 nitrogen and oxygen atoms in total. The lowest BCUT2D eigenvalue weighted by Gasteiger charge is -2.34. The Bertz CT molecular complexity index is 1660. The van der Waals surface area contributed by atoms with Crippen LogP contribution in [0.2, 0.25) is 0 Å². The first-order valence-corrected chi connectivity index (χ1v) is 15.6. The normalized spacial score (nSPS) is 22.0. The van der Waals surface area contributed by atoms with Gasteiger partial charge < -0.3 is 10.2 Å². The van der Waals surface area contributed by atoms with E-state index in [1.807, 2.05) is 39.5 Å². The monoisotopic (exact) mass is 618 g/mol. The average molecular weight is 619 g/mol.